The van der Waals surface area contributed by atoms with Crippen LogP contribution in [0.1, 0.15) is 43.1 Å². The van der Waals surface area contributed by atoms with Crippen LogP contribution in [0.15, 0.2) is 34.9 Å². The molecule has 4 nitrogen and oxygen atoms in total. The first-order chi connectivity index (χ1) is 8.56. The predicted octanol–water partition coefficient (Wildman–Crippen LogP) is 3.10. The number of nitrogens with one attached hydrogen (secondary N) is 1. The Labute approximate surface area is 107 Å². The third-order valence-corrected chi connectivity index (χ3v) is 2.90. The monoisotopic (exact) mass is 246 g/mol. The van der Waals surface area contributed by atoms with Gasteiger partial charge >= 0.3 is 0 Å². The first-order valence-corrected chi connectivity index (χ1v) is 6.03. The lowest BCUT2D eigenvalue weighted by molar-refractivity contribution is 0.380. The third-order valence-electron chi connectivity index (χ3n) is 2.90. The summed E-state index contributed by atoms with van der Waals surface area (Å²) in [7, 11) is 0. The second kappa shape index (κ2) is 5.23. The van der Waals surface area contributed by atoms with Gasteiger partial charge in [-0.1, -0.05) is 12.1 Å². The fourth-order valence-electron chi connectivity index (χ4n) is 1.88. The van der Waals surface area contributed by atoms with Gasteiger partial charge in [0.05, 0.1) is 12.2 Å². The van der Waals surface area contributed by atoms with Crippen molar-refractivity contribution in [3.05, 3.63) is 47.7 Å². The van der Waals surface area contributed by atoms with Crippen molar-refractivity contribution >= 4 is 0 Å². The van der Waals surface area contributed by atoms with Crippen LogP contribution in [0.3, 0.4) is 0 Å². The smallest absolute Gasteiger partial charge is 0.211 e. The number of phenols is 1. The minimum absolute atomic E-state index is 0.0440. The average molecular weight is 246 g/mol. The van der Waals surface area contributed by atoms with Crippen molar-refractivity contribution in [1.29, 1.82) is 0 Å². The summed E-state index contributed by atoms with van der Waals surface area (Å²) >= 11 is 0. The molecule has 0 aliphatic carbocycles. The fourth-order valence-corrected chi connectivity index (χ4v) is 1.88. The van der Waals surface area contributed by atoms with E-state index in [1.807, 2.05) is 26.0 Å². The number of hydrogen-bond acceptors (Lipinski definition) is 4. The van der Waals surface area contributed by atoms with E-state index >= 15 is 0 Å². The van der Waals surface area contributed by atoms with Gasteiger partial charge in [0.15, 0.2) is 0 Å². The molecule has 0 saturated heterocycles. The highest BCUT2D eigenvalue weighted by molar-refractivity contribution is 5.27. The van der Waals surface area contributed by atoms with Crippen LogP contribution < -0.4 is 5.32 Å². The number of aromatic hydroxyl groups is 1. The summed E-state index contributed by atoms with van der Waals surface area (Å²) < 4.78 is 5.49. The lowest BCUT2D eigenvalue weighted by Crippen LogP contribution is -2.22. The van der Waals surface area contributed by atoms with Crippen molar-refractivity contribution < 1.29 is 9.52 Å². The molecular formula is C14H18N2O2. The Balaban J connectivity index is 2.02. The number of aromatic nitrogens is 1. The molecule has 0 radical (unpaired) electrons. The number of nitrogens with zero attached hydrogens (tertiary/aromatic N) is 1. The summed E-state index contributed by atoms with van der Waals surface area (Å²) in [6.45, 7) is 5.97. The quantitative estimate of drug-likeness (QED) is 0.870. The maximum atomic E-state index is 9.26. The molecule has 0 aliphatic rings. The molecule has 96 valence electrons. The summed E-state index contributed by atoms with van der Waals surface area (Å²) in [4.78, 5) is 4.21. The Morgan fingerprint density at radius 2 is 1.83 bits per heavy atom. The van der Waals surface area contributed by atoms with E-state index in [0.717, 1.165) is 11.3 Å². The van der Waals surface area contributed by atoms with Crippen LogP contribution in [0.25, 0.3) is 0 Å². The van der Waals surface area contributed by atoms with Gasteiger partial charge in [0.25, 0.3) is 0 Å². The lowest BCUT2D eigenvalue weighted by Gasteiger charge is -2.18. The number of benzene rings is 1. The molecule has 0 aliphatic heterocycles. The van der Waals surface area contributed by atoms with Crippen molar-refractivity contribution in [3.8, 4) is 5.75 Å². The van der Waals surface area contributed by atoms with Crippen LogP contribution in [-0.4, -0.2) is 10.1 Å². The van der Waals surface area contributed by atoms with Crippen LogP contribution in [0, 0.1) is 6.92 Å². The van der Waals surface area contributed by atoms with Gasteiger partial charge < -0.3 is 9.52 Å². The standard InChI is InChI=1S/C14H18N2O2/c1-9-8-15-14(18-9)11(3)16-10(2)12-4-6-13(17)7-5-12/h4-8,10-11,16-17H,1-3H3. The minimum Gasteiger partial charge on any atom is -0.508 e. The minimum atomic E-state index is 0.0440. The molecule has 18 heavy (non-hydrogen) atoms. The van der Waals surface area contributed by atoms with Gasteiger partial charge in [0, 0.05) is 6.04 Å². The van der Waals surface area contributed by atoms with Crippen molar-refractivity contribution in [2.75, 3.05) is 0 Å². The largest absolute Gasteiger partial charge is 0.508 e. The highest BCUT2D eigenvalue weighted by Crippen LogP contribution is 2.20. The molecule has 1 aromatic heterocycles. The van der Waals surface area contributed by atoms with Gasteiger partial charge in [0.2, 0.25) is 5.89 Å². The van der Waals surface area contributed by atoms with Crippen molar-refractivity contribution in [1.82, 2.24) is 10.3 Å². The zero-order valence-corrected chi connectivity index (χ0v) is 10.8. The lowest BCUT2D eigenvalue weighted by atomic mass is 10.1. The SMILES string of the molecule is Cc1cnc(C(C)NC(C)c2ccc(O)cc2)o1. The van der Waals surface area contributed by atoms with Gasteiger partial charge in [-0.15, -0.1) is 0 Å². The average Bonchev–Trinajstić information content (AvgIpc) is 2.76. The fraction of sp³-hybridized carbons (Fsp3) is 0.357. The molecule has 2 atom stereocenters. The Kier molecular flexibility index (Phi) is 3.67. The molecule has 0 spiro atoms. The van der Waals surface area contributed by atoms with Crippen LogP contribution in [0.5, 0.6) is 5.75 Å². The van der Waals surface area contributed by atoms with Crippen LogP contribution >= 0.6 is 0 Å². The normalized spacial score (nSPS) is 14.4. The number of phenolic OH excluding ortho intramolecular Hbond substituents is 1. The number of aryl methyl sites for hydroxylation is 1. The molecule has 0 bridgehead atoms. The molecule has 2 aromatic rings. The van der Waals surface area contributed by atoms with Gasteiger partial charge in [0.1, 0.15) is 11.5 Å². The predicted molar refractivity (Wildman–Crippen MR) is 69.3 cm³/mol. The van der Waals surface area contributed by atoms with Gasteiger partial charge in [-0.3, -0.25) is 5.32 Å². The second-order valence-corrected chi connectivity index (χ2v) is 4.51. The summed E-state index contributed by atoms with van der Waals surface area (Å²) in [5.74, 6) is 1.79. The summed E-state index contributed by atoms with van der Waals surface area (Å²) in [5, 5.41) is 12.7. The molecule has 2 rings (SSSR count). The topological polar surface area (TPSA) is 58.3 Å². The van der Waals surface area contributed by atoms with Gasteiger partial charge in [-0.2, -0.15) is 0 Å². The maximum absolute atomic E-state index is 9.26. The Hall–Kier alpha value is -1.81. The van der Waals surface area contributed by atoms with Crippen molar-refractivity contribution in [2.24, 2.45) is 0 Å². The van der Waals surface area contributed by atoms with E-state index in [2.05, 4.69) is 17.2 Å². The van der Waals surface area contributed by atoms with E-state index in [1.54, 1.807) is 18.3 Å². The molecule has 0 saturated carbocycles. The highest BCUT2D eigenvalue weighted by atomic mass is 16.4. The Morgan fingerprint density at radius 1 is 1.17 bits per heavy atom. The molecule has 1 aromatic carbocycles. The summed E-state index contributed by atoms with van der Waals surface area (Å²) in [6.07, 6.45) is 1.72. The van der Waals surface area contributed by atoms with E-state index < -0.39 is 0 Å². The highest BCUT2D eigenvalue weighted by Gasteiger charge is 2.14. The second-order valence-electron chi connectivity index (χ2n) is 4.51. The molecule has 0 amide bonds. The third kappa shape index (κ3) is 2.90. The van der Waals surface area contributed by atoms with Gasteiger partial charge in [-0.25, -0.2) is 4.98 Å². The van der Waals surface area contributed by atoms with E-state index in [9.17, 15) is 5.11 Å². The molecule has 0 fully saturated rings. The van der Waals surface area contributed by atoms with Crippen molar-refractivity contribution in [2.45, 2.75) is 32.9 Å². The van der Waals surface area contributed by atoms with Gasteiger partial charge in [-0.05, 0) is 38.5 Å². The van der Waals surface area contributed by atoms with Crippen molar-refractivity contribution in [3.63, 3.8) is 0 Å². The van der Waals surface area contributed by atoms with E-state index in [-0.39, 0.29) is 17.8 Å². The number of hydrogen-bond donors (Lipinski definition) is 2. The maximum Gasteiger partial charge on any atom is 0.211 e. The van der Waals surface area contributed by atoms with E-state index in [0.29, 0.717) is 5.89 Å². The Bertz CT molecular complexity index is 505. The molecular weight excluding hydrogens is 228 g/mol. The molecule has 4 heteroatoms. The van der Waals surface area contributed by atoms with E-state index in [4.69, 9.17) is 4.42 Å². The summed E-state index contributed by atoms with van der Waals surface area (Å²) in [6, 6.07) is 7.39. The van der Waals surface area contributed by atoms with Crippen LogP contribution in [-0.2, 0) is 0 Å². The number of rotatable bonds is 4. The van der Waals surface area contributed by atoms with Crippen LogP contribution in [0.4, 0.5) is 0 Å². The first kappa shape index (κ1) is 12.6. The molecule has 2 N–H and O–H groups in total. The molecule has 2 unspecified atom stereocenters. The number of oxazole rings is 1. The van der Waals surface area contributed by atoms with Crippen LogP contribution in [0.2, 0.25) is 0 Å². The zero-order chi connectivity index (χ0) is 13.1. The zero-order valence-electron chi connectivity index (χ0n) is 10.8. The summed E-state index contributed by atoms with van der Waals surface area (Å²) in [5.41, 5.74) is 1.11. The first-order valence-electron chi connectivity index (χ1n) is 6.03. The van der Waals surface area contributed by atoms with E-state index in [1.165, 1.54) is 0 Å². The Morgan fingerprint density at radius 3 is 2.39 bits per heavy atom. The molecule has 1 heterocycles.